The van der Waals surface area contributed by atoms with Gasteiger partial charge in [-0.2, -0.15) is 35.1 Å². The number of rotatable bonds is 1. The number of alkyl halides is 10. The van der Waals surface area contributed by atoms with Gasteiger partial charge in [0, 0.05) is 6.08 Å². The molecular formula is C7H2F10. The molecule has 0 aromatic carbocycles. The Bertz CT molecular complexity index is 352. The van der Waals surface area contributed by atoms with Gasteiger partial charge in [-0.15, -0.1) is 0 Å². The average molecular weight is 276 g/mol. The summed E-state index contributed by atoms with van der Waals surface area (Å²) >= 11 is 0. The van der Waals surface area contributed by atoms with Gasteiger partial charge in [0.05, 0.1) is 5.57 Å². The van der Waals surface area contributed by atoms with E-state index < -0.39 is 41.8 Å². The van der Waals surface area contributed by atoms with E-state index in [1.807, 2.05) is 0 Å². The molecule has 100 valence electrons. The van der Waals surface area contributed by atoms with Crippen molar-refractivity contribution in [2.75, 3.05) is 0 Å². The molecular weight excluding hydrogens is 274 g/mol. The second-order valence-electron chi connectivity index (χ2n) is 3.25. The number of hydrogen-bond acceptors (Lipinski definition) is 0. The van der Waals surface area contributed by atoms with E-state index in [0.29, 0.717) is 0 Å². The Kier molecular flexibility index (Phi) is 2.73. The highest BCUT2D eigenvalue weighted by molar-refractivity contribution is 5.32. The molecule has 0 spiro atoms. The third-order valence-electron chi connectivity index (χ3n) is 2.14. The predicted molar refractivity (Wildman–Crippen MR) is 33.9 cm³/mol. The quantitative estimate of drug-likeness (QED) is 0.505. The Morgan fingerprint density at radius 3 is 1.53 bits per heavy atom. The minimum absolute atomic E-state index is 1.50. The molecule has 0 N–H and O–H groups in total. The topological polar surface area (TPSA) is 0 Å². The molecule has 1 aliphatic carbocycles. The van der Waals surface area contributed by atoms with E-state index in [9.17, 15) is 43.9 Å². The molecule has 10 heteroatoms. The van der Waals surface area contributed by atoms with Crippen molar-refractivity contribution < 1.29 is 43.9 Å². The molecule has 0 heterocycles. The zero-order valence-electron chi connectivity index (χ0n) is 7.43. The van der Waals surface area contributed by atoms with E-state index in [2.05, 4.69) is 0 Å². The van der Waals surface area contributed by atoms with Crippen LogP contribution in [0.3, 0.4) is 0 Å². The normalized spacial score (nSPS) is 29.0. The van der Waals surface area contributed by atoms with Gasteiger partial charge in [0.2, 0.25) is 0 Å². The van der Waals surface area contributed by atoms with Gasteiger partial charge >= 0.3 is 23.7 Å². The monoisotopic (exact) mass is 276 g/mol. The molecule has 0 nitrogen and oxygen atoms in total. The van der Waals surface area contributed by atoms with Crippen molar-refractivity contribution in [3.8, 4) is 0 Å². The first kappa shape index (κ1) is 14.1. The highest BCUT2D eigenvalue weighted by Crippen LogP contribution is 2.59. The standard InChI is InChI=1S/C7H2F10/c8-3(9)2-1-4(10,11)6(14,15)7(16,17)5(2,12)13/h1,3H. The zero-order valence-corrected chi connectivity index (χ0v) is 7.43. The maximum Gasteiger partial charge on any atom is 0.382 e. The van der Waals surface area contributed by atoms with Gasteiger partial charge in [-0.25, -0.2) is 8.78 Å². The van der Waals surface area contributed by atoms with Crippen molar-refractivity contribution in [2.45, 2.75) is 30.1 Å². The molecule has 0 amide bonds. The molecule has 1 aliphatic rings. The highest BCUT2D eigenvalue weighted by atomic mass is 19.4. The van der Waals surface area contributed by atoms with Gasteiger partial charge in [-0.1, -0.05) is 0 Å². The lowest BCUT2D eigenvalue weighted by molar-refractivity contribution is -0.358. The third kappa shape index (κ3) is 1.52. The van der Waals surface area contributed by atoms with Crippen LogP contribution >= 0.6 is 0 Å². The molecule has 1 rings (SSSR count). The predicted octanol–water partition coefficient (Wildman–Crippen LogP) is 3.73. The fraction of sp³-hybridized carbons (Fsp3) is 0.714. The summed E-state index contributed by atoms with van der Waals surface area (Å²) in [5.74, 6) is -24.9. The van der Waals surface area contributed by atoms with E-state index in [0.717, 1.165) is 0 Å². The van der Waals surface area contributed by atoms with Crippen LogP contribution in [0.25, 0.3) is 0 Å². The fourth-order valence-electron chi connectivity index (χ4n) is 1.16. The van der Waals surface area contributed by atoms with Crippen LogP contribution in [0.5, 0.6) is 0 Å². The molecule has 0 unspecified atom stereocenters. The van der Waals surface area contributed by atoms with Gasteiger partial charge in [0.15, 0.2) is 0 Å². The summed E-state index contributed by atoms with van der Waals surface area (Å²) in [6.45, 7) is 0. The van der Waals surface area contributed by atoms with Crippen LogP contribution < -0.4 is 0 Å². The molecule has 0 aromatic rings. The van der Waals surface area contributed by atoms with E-state index in [1.165, 1.54) is 0 Å². The summed E-state index contributed by atoms with van der Waals surface area (Å²) in [6, 6.07) is 0. The molecule has 0 bridgehead atoms. The SMILES string of the molecule is FC(F)C1=CC(F)(F)C(F)(F)C(F)(F)C1(F)F. The maximum atomic E-state index is 12.6. The third-order valence-corrected chi connectivity index (χ3v) is 2.14. The highest BCUT2D eigenvalue weighted by Gasteiger charge is 2.84. The molecule has 0 radical (unpaired) electrons. The molecule has 0 aliphatic heterocycles. The van der Waals surface area contributed by atoms with E-state index >= 15 is 0 Å². The first-order valence-corrected chi connectivity index (χ1v) is 3.81. The van der Waals surface area contributed by atoms with E-state index in [4.69, 9.17) is 0 Å². The Hall–Kier alpha value is -0.960. The summed E-state index contributed by atoms with van der Waals surface area (Å²) in [7, 11) is 0. The lowest BCUT2D eigenvalue weighted by Crippen LogP contribution is -2.66. The number of allylic oxidation sites excluding steroid dienone is 2. The van der Waals surface area contributed by atoms with Crippen molar-refractivity contribution in [3.05, 3.63) is 11.6 Å². The minimum atomic E-state index is -6.61. The summed E-state index contributed by atoms with van der Waals surface area (Å²) in [6.07, 6.45) is -5.91. The van der Waals surface area contributed by atoms with Crippen LogP contribution in [0.1, 0.15) is 0 Å². The largest absolute Gasteiger partial charge is 0.382 e. The van der Waals surface area contributed by atoms with Crippen molar-refractivity contribution in [3.63, 3.8) is 0 Å². The smallest absolute Gasteiger partial charge is 0.205 e. The number of halogens is 10. The molecule has 0 atom stereocenters. The second kappa shape index (κ2) is 3.29. The van der Waals surface area contributed by atoms with Gasteiger partial charge in [-0.3, -0.25) is 0 Å². The van der Waals surface area contributed by atoms with Crippen LogP contribution in [-0.2, 0) is 0 Å². The molecule has 0 fully saturated rings. The summed E-state index contributed by atoms with van der Waals surface area (Å²) < 4.78 is 124. The van der Waals surface area contributed by atoms with Gasteiger partial charge in [0.25, 0.3) is 6.43 Å². The van der Waals surface area contributed by atoms with Crippen molar-refractivity contribution in [1.29, 1.82) is 0 Å². The number of hydrogen-bond donors (Lipinski definition) is 0. The lowest BCUT2D eigenvalue weighted by atomic mass is 9.86. The Morgan fingerprint density at radius 1 is 0.765 bits per heavy atom. The zero-order chi connectivity index (χ0) is 13.9. The molecule has 0 saturated heterocycles. The van der Waals surface area contributed by atoms with E-state index in [1.54, 1.807) is 0 Å². The minimum Gasteiger partial charge on any atom is -0.205 e. The summed E-state index contributed by atoms with van der Waals surface area (Å²) in [5.41, 5.74) is -3.02. The van der Waals surface area contributed by atoms with E-state index in [-0.39, 0.29) is 0 Å². The van der Waals surface area contributed by atoms with Crippen LogP contribution in [0.2, 0.25) is 0 Å². The molecule has 17 heavy (non-hydrogen) atoms. The second-order valence-corrected chi connectivity index (χ2v) is 3.25. The Morgan fingerprint density at radius 2 is 1.18 bits per heavy atom. The van der Waals surface area contributed by atoms with Gasteiger partial charge in [0.1, 0.15) is 0 Å². The summed E-state index contributed by atoms with van der Waals surface area (Å²) in [4.78, 5) is 0. The molecule has 0 saturated carbocycles. The average Bonchev–Trinajstić information content (AvgIpc) is 2.11. The van der Waals surface area contributed by atoms with Gasteiger partial charge < -0.3 is 0 Å². The summed E-state index contributed by atoms with van der Waals surface area (Å²) in [5, 5.41) is 0. The first-order valence-electron chi connectivity index (χ1n) is 3.81. The van der Waals surface area contributed by atoms with Crippen molar-refractivity contribution >= 4 is 0 Å². The Labute approximate surface area is 86.9 Å². The van der Waals surface area contributed by atoms with Crippen LogP contribution in [0, 0.1) is 0 Å². The van der Waals surface area contributed by atoms with Crippen molar-refractivity contribution in [2.24, 2.45) is 0 Å². The Balaban J connectivity index is 3.55. The molecule has 0 aromatic heterocycles. The van der Waals surface area contributed by atoms with Crippen molar-refractivity contribution in [1.82, 2.24) is 0 Å². The maximum absolute atomic E-state index is 12.6. The van der Waals surface area contributed by atoms with Gasteiger partial charge in [-0.05, 0) is 0 Å². The van der Waals surface area contributed by atoms with Crippen LogP contribution in [-0.4, -0.2) is 30.1 Å². The van der Waals surface area contributed by atoms with Crippen LogP contribution in [0.15, 0.2) is 11.6 Å². The fourth-order valence-corrected chi connectivity index (χ4v) is 1.16. The van der Waals surface area contributed by atoms with Crippen LogP contribution in [0.4, 0.5) is 43.9 Å². The first-order chi connectivity index (χ1) is 7.29. The lowest BCUT2D eigenvalue weighted by Gasteiger charge is -2.40.